The molecule has 1 aromatic heterocycles. The van der Waals surface area contributed by atoms with Crippen molar-refractivity contribution in [3.05, 3.63) is 111 Å². The average molecular weight is 499 g/mol. The van der Waals surface area contributed by atoms with E-state index in [1.165, 1.54) is 0 Å². The minimum Gasteiger partial charge on any atom is -0.299 e. The minimum absolute atomic E-state index is 0.125. The van der Waals surface area contributed by atoms with Crippen LogP contribution in [0.4, 0.5) is 0 Å². The van der Waals surface area contributed by atoms with Crippen LogP contribution in [-0.4, -0.2) is 26.3 Å². The zero-order valence-electron chi connectivity index (χ0n) is 18.5. The second-order valence-corrected chi connectivity index (χ2v) is 9.22. The van der Waals surface area contributed by atoms with E-state index < -0.39 is 6.04 Å². The third-order valence-electron chi connectivity index (χ3n) is 5.99. The van der Waals surface area contributed by atoms with Crippen molar-refractivity contribution in [2.45, 2.75) is 32.7 Å². The fourth-order valence-electron chi connectivity index (χ4n) is 4.37. The Bertz CT molecular complexity index is 1370. The maximum absolute atomic E-state index is 13.2. The maximum atomic E-state index is 13.2. The van der Waals surface area contributed by atoms with Crippen molar-refractivity contribution >= 4 is 27.4 Å². The number of para-hydroxylation sites is 1. The molecule has 2 heterocycles. The first kappa shape index (κ1) is 21.5. The van der Waals surface area contributed by atoms with Gasteiger partial charge in [-0.2, -0.15) is 0 Å². The molecule has 0 saturated carbocycles. The molecule has 6 heteroatoms. The van der Waals surface area contributed by atoms with Crippen LogP contribution in [0.3, 0.4) is 0 Å². The van der Waals surface area contributed by atoms with Gasteiger partial charge in [0, 0.05) is 28.4 Å². The molecular formula is C27H23BrN4O. The molecule has 0 radical (unpaired) electrons. The Morgan fingerprint density at radius 1 is 0.970 bits per heavy atom. The third-order valence-corrected chi connectivity index (χ3v) is 6.49. The maximum Gasteiger partial charge on any atom is 0.162 e. The van der Waals surface area contributed by atoms with Gasteiger partial charge in [0.2, 0.25) is 0 Å². The molecule has 0 fully saturated rings. The first-order chi connectivity index (χ1) is 16.0. The zero-order valence-corrected chi connectivity index (χ0v) is 20.1. The summed E-state index contributed by atoms with van der Waals surface area (Å²) in [5.41, 5.74) is 6.00. The van der Waals surface area contributed by atoms with Gasteiger partial charge in [-0.05, 0) is 43.2 Å². The van der Waals surface area contributed by atoms with Gasteiger partial charge in [0.1, 0.15) is 17.6 Å². The molecule has 33 heavy (non-hydrogen) atoms. The molecule has 164 valence electrons. The summed E-state index contributed by atoms with van der Waals surface area (Å²) in [4.78, 5) is 18.3. The van der Waals surface area contributed by atoms with Crippen LogP contribution in [0.5, 0.6) is 0 Å². The van der Waals surface area contributed by atoms with Crippen LogP contribution < -0.4 is 0 Å². The number of aromatic nitrogens is 3. The van der Waals surface area contributed by atoms with Crippen molar-refractivity contribution in [2.75, 3.05) is 0 Å². The molecule has 0 saturated heterocycles. The van der Waals surface area contributed by atoms with Crippen LogP contribution in [0.25, 0.3) is 5.69 Å². The highest BCUT2D eigenvalue weighted by molar-refractivity contribution is 9.10. The van der Waals surface area contributed by atoms with E-state index in [1.54, 1.807) is 0 Å². The Hall–Kier alpha value is -3.38. The number of Topliss-reactive ketones (excluding diaryl/α,β-unsaturated/α-hetero) is 1. The fraction of sp³-hybridized carbons (Fsp3) is 0.185. The molecule has 4 aromatic rings. The summed E-state index contributed by atoms with van der Waals surface area (Å²) >= 11 is 3.49. The van der Waals surface area contributed by atoms with Gasteiger partial charge in [-0.25, -0.2) is 0 Å². The second-order valence-electron chi connectivity index (χ2n) is 8.31. The fourth-order valence-corrected chi connectivity index (χ4v) is 4.84. The number of carbonyl (C=O) groups excluding carboxylic acids is 1. The lowest BCUT2D eigenvalue weighted by Crippen LogP contribution is -2.13. The van der Waals surface area contributed by atoms with Crippen molar-refractivity contribution in [3.8, 4) is 5.69 Å². The lowest BCUT2D eigenvalue weighted by molar-refractivity contribution is -0.118. The molecule has 0 N–H and O–H groups in total. The molecule has 1 aliphatic rings. The molecule has 0 amide bonds. The summed E-state index contributed by atoms with van der Waals surface area (Å²) in [5.74, 6) is 1.61. The Kier molecular flexibility index (Phi) is 5.77. The van der Waals surface area contributed by atoms with E-state index >= 15 is 0 Å². The van der Waals surface area contributed by atoms with Crippen molar-refractivity contribution in [3.63, 3.8) is 0 Å². The van der Waals surface area contributed by atoms with E-state index in [1.807, 2.05) is 66.9 Å². The standard InChI is InChI=1S/C27H23BrN4O/c1-17-14-21(28)13-12-20(17)15-22(33)16-24-27-31-30-18(2)32(27)25-11-7-6-10-23(25)26(29-24)19-8-4-3-5-9-19/h3-14,24H,15-16H2,1-2H3. The highest BCUT2D eigenvalue weighted by Gasteiger charge is 2.29. The zero-order chi connectivity index (χ0) is 22.9. The largest absolute Gasteiger partial charge is 0.299 e. The highest BCUT2D eigenvalue weighted by atomic mass is 79.9. The molecule has 5 rings (SSSR count). The molecule has 1 aliphatic heterocycles. The summed E-state index contributed by atoms with van der Waals surface area (Å²) in [6.07, 6.45) is 0.629. The number of aliphatic imine (C=N–C) groups is 1. The lowest BCUT2D eigenvalue weighted by Gasteiger charge is -2.13. The topological polar surface area (TPSA) is 60.1 Å². The van der Waals surface area contributed by atoms with Gasteiger partial charge < -0.3 is 0 Å². The monoisotopic (exact) mass is 498 g/mol. The van der Waals surface area contributed by atoms with Gasteiger partial charge in [0.05, 0.1) is 11.4 Å². The number of ketones is 1. The molecule has 0 aliphatic carbocycles. The summed E-state index contributed by atoms with van der Waals surface area (Å²) in [7, 11) is 0. The Balaban J connectivity index is 1.58. The smallest absolute Gasteiger partial charge is 0.162 e. The summed E-state index contributed by atoms with van der Waals surface area (Å²) in [6, 6.07) is 23.9. The number of hydrogen-bond acceptors (Lipinski definition) is 4. The number of fused-ring (bicyclic) bond motifs is 3. The Labute approximate surface area is 201 Å². The van der Waals surface area contributed by atoms with Crippen LogP contribution in [-0.2, 0) is 11.2 Å². The van der Waals surface area contributed by atoms with E-state index in [0.717, 1.165) is 44.0 Å². The van der Waals surface area contributed by atoms with Crippen LogP contribution >= 0.6 is 15.9 Å². The molecular weight excluding hydrogens is 476 g/mol. The minimum atomic E-state index is -0.419. The molecule has 0 spiro atoms. The van der Waals surface area contributed by atoms with Crippen LogP contribution in [0, 0.1) is 13.8 Å². The summed E-state index contributed by atoms with van der Waals surface area (Å²) in [6.45, 7) is 3.96. The van der Waals surface area contributed by atoms with Crippen LogP contribution in [0.15, 0.2) is 82.3 Å². The number of hydrogen-bond donors (Lipinski definition) is 0. The summed E-state index contributed by atoms with van der Waals surface area (Å²) < 4.78 is 3.05. The van der Waals surface area contributed by atoms with Gasteiger partial charge in [-0.15, -0.1) is 10.2 Å². The molecule has 0 bridgehead atoms. The number of benzene rings is 3. The Morgan fingerprint density at radius 2 is 1.73 bits per heavy atom. The lowest BCUT2D eigenvalue weighted by atomic mass is 9.99. The van der Waals surface area contributed by atoms with Crippen LogP contribution in [0.2, 0.25) is 0 Å². The number of aryl methyl sites for hydroxylation is 2. The van der Waals surface area contributed by atoms with Gasteiger partial charge in [-0.3, -0.25) is 14.4 Å². The first-order valence-corrected chi connectivity index (χ1v) is 11.7. The third kappa shape index (κ3) is 4.18. The van der Waals surface area contributed by atoms with E-state index in [9.17, 15) is 4.79 Å². The van der Waals surface area contributed by atoms with E-state index in [0.29, 0.717) is 12.2 Å². The quantitative estimate of drug-likeness (QED) is 0.352. The SMILES string of the molecule is Cc1cc(Br)ccc1CC(=O)CC1N=C(c2ccccc2)c2ccccc2-n2c(C)nnc21. The van der Waals surface area contributed by atoms with Crippen molar-refractivity contribution in [1.29, 1.82) is 0 Å². The van der Waals surface area contributed by atoms with Gasteiger partial charge >= 0.3 is 0 Å². The number of rotatable bonds is 5. The average Bonchev–Trinajstić information content (AvgIpc) is 3.13. The predicted molar refractivity (Wildman–Crippen MR) is 133 cm³/mol. The van der Waals surface area contributed by atoms with Crippen molar-refractivity contribution < 1.29 is 4.79 Å². The molecule has 1 atom stereocenters. The summed E-state index contributed by atoms with van der Waals surface area (Å²) in [5, 5.41) is 8.79. The normalized spacial score (nSPS) is 14.8. The number of nitrogens with zero attached hydrogens (tertiary/aromatic N) is 4. The second kappa shape index (κ2) is 8.87. The van der Waals surface area contributed by atoms with E-state index in [-0.39, 0.29) is 12.2 Å². The Morgan fingerprint density at radius 3 is 2.52 bits per heavy atom. The highest BCUT2D eigenvalue weighted by Crippen LogP contribution is 2.33. The number of carbonyl (C=O) groups is 1. The van der Waals surface area contributed by atoms with Gasteiger partial charge in [0.25, 0.3) is 0 Å². The van der Waals surface area contributed by atoms with Crippen LogP contribution in [0.1, 0.15) is 46.4 Å². The van der Waals surface area contributed by atoms with Crippen molar-refractivity contribution in [2.24, 2.45) is 4.99 Å². The molecule has 1 unspecified atom stereocenters. The van der Waals surface area contributed by atoms with E-state index in [2.05, 4.69) is 50.4 Å². The number of halogens is 1. The van der Waals surface area contributed by atoms with Gasteiger partial charge in [-0.1, -0.05) is 70.5 Å². The predicted octanol–water partition coefficient (Wildman–Crippen LogP) is 5.74. The van der Waals surface area contributed by atoms with E-state index in [4.69, 9.17) is 4.99 Å². The van der Waals surface area contributed by atoms with Gasteiger partial charge in [0.15, 0.2) is 5.82 Å². The first-order valence-electron chi connectivity index (χ1n) is 10.9. The van der Waals surface area contributed by atoms with Crippen molar-refractivity contribution in [1.82, 2.24) is 14.8 Å². The molecule has 5 nitrogen and oxygen atoms in total. The molecule has 3 aromatic carbocycles.